The molecule has 0 aliphatic carbocycles. The van der Waals surface area contributed by atoms with E-state index in [2.05, 4.69) is 20.9 Å². The number of oxazole rings is 1. The zero-order valence-electron chi connectivity index (χ0n) is 11.9. The normalized spacial score (nSPS) is 11.4. The molecule has 20 heavy (non-hydrogen) atoms. The average molecular weight is 338 g/mol. The first-order chi connectivity index (χ1) is 9.34. The summed E-state index contributed by atoms with van der Waals surface area (Å²) in [4.78, 5) is 16.3. The van der Waals surface area contributed by atoms with Crippen LogP contribution in [0.3, 0.4) is 0 Å². The van der Waals surface area contributed by atoms with E-state index < -0.39 is 5.97 Å². The van der Waals surface area contributed by atoms with E-state index in [4.69, 9.17) is 9.15 Å². The highest BCUT2D eigenvalue weighted by Gasteiger charge is 2.30. The van der Waals surface area contributed by atoms with Gasteiger partial charge in [-0.05, 0) is 28.1 Å². The molecule has 2 aromatic rings. The van der Waals surface area contributed by atoms with Crippen LogP contribution in [0.2, 0.25) is 0 Å². The molecule has 2 rings (SSSR count). The maximum absolute atomic E-state index is 11.8. The number of hydrogen-bond acceptors (Lipinski definition) is 4. The average Bonchev–Trinajstić information content (AvgIpc) is 2.83. The summed E-state index contributed by atoms with van der Waals surface area (Å²) in [5, 5.41) is 0. The summed E-state index contributed by atoms with van der Waals surface area (Å²) in [6.45, 7) is 5.92. The molecule has 5 heteroatoms. The summed E-state index contributed by atoms with van der Waals surface area (Å²) in [6.07, 6.45) is 0. The number of nitrogens with zero attached hydrogens (tertiary/aromatic N) is 1. The molecule has 0 radical (unpaired) electrons. The van der Waals surface area contributed by atoms with E-state index in [1.165, 1.54) is 7.11 Å². The second-order valence-corrected chi connectivity index (χ2v) is 6.27. The van der Waals surface area contributed by atoms with Crippen LogP contribution in [-0.4, -0.2) is 18.1 Å². The third-order valence-corrected chi connectivity index (χ3v) is 3.50. The molecule has 0 N–H and O–H groups in total. The van der Waals surface area contributed by atoms with Crippen molar-refractivity contribution in [2.75, 3.05) is 7.11 Å². The molecule has 4 nitrogen and oxygen atoms in total. The molecule has 0 bridgehead atoms. The number of carbonyl (C=O) groups excluding carboxylic acids is 1. The second kappa shape index (κ2) is 5.40. The van der Waals surface area contributed by atoms with Crippen molar-refractivity contribution < 1.29 is 13.9 Å². The third kappa shape index (κ3) is 2.77. The fourth-order valence-electron chi connectivity index (χ4n) is 1.81. The van der Waals surface area contributed by atoms with Gasteiger partial charge in [0.15, 0.2) is 0 Å². The van der Waals surface area contributed by atoms with Crippen molar-refractivity contribution in [3.05, 3.63) is 40.2 Å². The molecule has 0 saturated heterocycles. The van der Waals surface area contributed by atoms with E-state index in [-0.39, 0.29) is 11.2 Å². The molecule has 0 aliphatic heterocycles. The lowest BCUT2D eigenvalue weighted by Gasteiger charge is -2.15. The van der Waals surface area contributed by atoms with Gasteiger partial charge in [-0.3, -0.25) is 0 Å². The number of carbonyl (C=O) groups is 1. The summed E-state index contributed by atoms with van der Waals surface area (Å²) in [7, 11) is 1.33. The van der Waals surface area contributed by atoms with Crippen molar-refractivity contribution in [3.63, 3.8) is 0 Å². The molecule has 0 unspecified atom stereocenters. The Morgan fingerprint density at radius 2 is 1.95 bits per heavy atom. The highest BCUT2D eigenvalue weighted by molar-refractivity contribution is 9.10. The molecule has 0 fully saturated rings. The van der Waals surface area contributed by atoms with E-state index in [1.54, 1.807) is 0 Å². The van der Waals surface area contributed by atoms with E-state index in [0.717, 1.165) is 10.0 Å². The molecule has 1 aromatic carbocycles. The van der Waals surface area contributed by atoms with E-state index >= 15 is 0 Å². The van der Waals surface area contributed by atoms with Crippen LogP contribution in [0, 0.1) is 0 Å². The maximum Gasteiger partial charge on any atom is 0.376 e. The van der Waals surface area contributed by atoms with Crippen LogP contribution in [0.25, 0.3) is 11.5 Å². The monoisotopic (exact) mass is 337 g/mol. The van der Waals surface area contributed by atoms with Crippen molar-refractivity contribution in [1.82, 2.24) is 4.98 Å². The molecular formula is C15H16BrNO3. The van der Waals surface area contributed by atoms with E-state index in [9.17, 15) is 4.79 Å². The Labute approximate surface area is 126 Å². The SMILES string of the molecule is COC(=O)c1oc(-c2ccccc2Br)nc1C(C)(C)C. The van der Waals surface area contributed by atoms with Gasteiger partial charge in [0.25, 0.3) is 0 Å². The fourth-order valence-corrected chi connectivity index (χ4v) is 2.26. The van der Waals surface area contributed by atoms with Crippen molar-refractivity contribution >= 4 is 21.9 Å². The standard InChI is InChI=1S/C15H16BrNO3/c1-15(2,3)12-11(14(18)19-4)20-13(17-12)9-7-5-6-8-10(9)16/h5-8H,1-4H3. The molecule has 0 spiro atoms. The topological polar surface area (TPSA) is 52.3 Å². The molecule has 0 atom stereocenters. The van der Waals surface area contributed by atoms with Crippen LogP contribution in [0.1, 0.15) is 37.0 Å². The smallest absolute Gasteiger partial charge is 0.376 e. The number of hydrogen-bond donors (Lipinski definition) is 0. The molecule has 0 saturated carbocycles. The van der Waals surface area contributed by atoms with Gasteiger partial charge in [0.05, 0.1) is 12.7 Å². The van der Waals surface area contributed by atoms with Crippen molar-refractivity contribution in [2.45, 2.75) is 26.2 Å². The van der Waals surface area contributed by atoms with Gasteiger partial charge in [0.1, 0.15) is 5.69 Å². The first-order valence-corrected chi connectivity index (χ1v) is 6.98. The minimum absolute atomic E-state index is 0.158. The van der Waals surface area contributed by atoms with Gasteiger partial charge < -0.3 is 9.15 Å². The van der Waals surface area contributed by atoms with Crippen molar-refractivity contribution in [3.8, 4) is 11.5 Å². The largest absolute Gasteiger partial charge is 0.463 e. The van der Waals surface area contributed by atoms with Crippen LogP contribution < -0.4 is 0 Å². The van der Waals surface area contributed by atoms with Gasteiger partial charge >= 0.3 is 5.97 Å². The van der Waals surface area contributed by atoms with Gasteiger partial charge in [0, 0.05) is 9.89 Å². The summed E-state index contributed by atoms with van der Waals surface area (Å²) in [6, 6.07) is 7.57. The lowest BCUT2D eigenvalue weighted by atomic mass is 9.91. The summed E-state index contributed by atoms with van der Waals surface area (Å²) in [5.74, 6) is 0.0503. The number of methoxy groups -OCH3 is 1. The summed E-state index contributed by atoms with van der Waals surface area (Å²) >= 11 is 3.46. The van der Waals surface area contributed by atoms with Crippen LogP contribution >= 0.6 is 15.9 Å². The Morgan fingerprint density at radius 1 is 1.30 bits per heavy atom. The fraction of sp³-hybridized carbons (Fsp3) is 0.333. The number of halogens is 1. The molecule has 106 valence electrons. The molecule has 0 aliphatic rings. The van der Waals surface area contributed by atoms with Crippen LogP contribution in [0.5, 0.6) is 0 Å². The van der Waals surface area contributed by atoms with Gasteiger partial charge in [-0.15, -0.1) is 0 Å². The highest BCUT2D eigenvalue weighted by atomic mass is 79.9. The minimum Gasteiger partial charge on any atom is -0.463 e. The molecule has 1 aromatic heterocycles. The van der Waals surface area contributed by atoms with Crippen molar-refractivity contribution in [2.24, 2.45) is 0 Å². The molecule has 0 amide bonds. The molecule has 1 heterocycles. The highest BCUT2D eigenvalue weighted by Crippen LogP contribution is 2.33. The quantitative estimate of drug-likeness (QED) is 0.771. The summed E-state index contributed by atoms with van der Waals surface area (Å²) in [5.41, 5.74) is 1.08. The first-order valence-electron chi connectivity index (χ1n) is 6.19. The Bertz CT molecular complexity index is 641. The summed E-state index contributed by atoms with van der Waals surface area (Å²) < 4.78 is 11.3. The molecular weight excluding hydrogens is 322 g/mol. The zero-order chi connectivity index (χ0) is 14.9. The lowest BCUT2D eigenvalue weighted by molar-refractivity contribution is 0.0562. The van der Waals surface area contributed by atoms with E-state index in [1.807, 2.05) is 45.0 Å². The Kier molecular flexibility index (Phi) is 3.99. The maximum atomic E-state index is 11.8. The van der Waals surface area contributed by atoms with Gasteiger partial charge in [-0.25, -0.2) is 9.78 Å². The minimum atomic E-state index is -0.513. The van der Waals surface area contributed by atoms with Crippen LogP contribution in [0.4, 0.5) is 0 Å². The third-order valence-electron chi connectivity index (χ3n) is 2.81. The zero-order valence-corrected chi connectivity index (χ0v) is 13.4. The Hall–Kier alpha value is -1.62. The van der Waals surface area contributed by atoms with Gasteiger partial charge in [-0.2, -0.15) is 0 Å². The first kappa shape index (κ1) is 14.8. The van der Waals surface area contributed by atoms with Crippen LogP contribution in [-0.2, 0) is 10.2 Å². The van der Waals surface area contributed by atoms with Crippen LogP contribution in [0.15, 0.2) is 33.2 Å². The number of esters is 1. The number of benzene rings is 1. The Balaban J connectivity index is 2.61. The van der Waals surface area contributed by atoms with E-state index in [0.29, 0.717) is 11.6 Å². The number of aromatic nitrogens is 1. The second-order valence-electron chi connectivity index (χ2n) is 5.42. The predicted octanol–water partition coefficient (Wildman–Crippen LogP) is 4.19. The Morgan fingerprint density at radius 3 is 2.50 bits per heavy atom. The predicted molar refractivity (Wildman–Crippen MR) is 79.7 cm³/mol. The van der Waals surface area contributed by atoms with Gasteiger partial charge in [-0.1, -0.05) is 32.9 Å². The van der Waals surface area contributed by atoms with Crippen molar-refractivity contribution in [1.29, 1.82) is 0 Å². The lowest BCUT2D eigenvalue weighted by Crippen LogP contribution is -2.17. The number of rotatable bonds is 2. The van der Waals surface area contributed by atoms with Gasteiger partial charge in [0.2, 0.25) is 11.7 Å². The number of ether oxygens (including phenoxy) is 1.